The Bertz CT molecular complexity index is 833. The maximum atomic E-state index is 12.3. The lowest BCUT2D eigenvalue weighted by atomic mass is 10.2. The van der Waals surface area contributed by atoms with Crippen LogP contribution in [0.5, 0.6) is 5.75 Å². The van der Waals surface area contributed by atoms with Gasteiger partial charge in [0.05, 0.1) is 13.2 Å². The highest BCUT2D eigenvalue weighted by Gasteiger charge is 2.11. The predicted octanol–water partition coefficient (Wildman–Crippen LogP) is 2.33. The van der Waals surface area contributed by atoms with E-state index in [4.69, 9.17) is 9.47 Å². The van der Waals surface area contributed by atoms with Crippen molar-refractivity contribution in [1.82, 2.24) is 10.2 Å². The van der Waals surface area contributed by atoms with Gasteiger partial charge >= 0.3 is 0 Å². The van der Waals surface area contributed by atoms with Crippen LogP contribution < -0.4 is 15.4 Å². The van der Waals surface area contributed by atoms with Crippen LogP contribution in [0.4, 0.5) is 5.69 Å². The van der Waals surface area contributed by atoms with Crippen molar-refractivity contribution in [3.05, 3.63) is 59.7 Å². The van der Waals surface area contributed by atoms with Crippen molar-refractivity contribution in [3.63, 3.8) is 0 Å². The first-order valence-corrected chi connectivity index (χ1v) is 10.3. The number of carbonyl (C=O) groups excluding carboxylic acids is 2. The molecular weight excluding hydrogens is 382 g/mol. The molecule has 0 aliphatic carbocycles. The first-order valence-electron chi connectivity index (χ1n) is 10.3. The third kappa shape index (κ3) is 6.86. The number of hydrogen-bond donors (Lipinski definition) is 2. The number of nitrogens with zero attached hydrogens (tertiary/aromatic N) is 1. The quantitative estimate of drug-likeness (QED) is 0.662. The molecule has 0 unspecified atom stereocenters. The van der Waals surface area contributed by atoms with E-state index in [0.29, 0.717) is 23.5 Å². The van der Waals surface area contributed by atoms with Gasteiger partial charge in [-0.05, 0) is 48.4 Å². The van der Waals surface area contributed by atoms with Crippen molar-refractivity contribution in [3.8, 4) is 5.75 Å². The zero-order chi connectivity index (χ0) is 21.2. The van der Waals surface area contributed by atoms with Crippen molar-refractivity contribution in [2.24, 2.45) is 0 Å². The summed E-state index contributed by atoms with van der Waals surface area (Å²) in [5, 5.41) is 5.70. The van der Waals surface area contributed by atoms with E-state index in [9.17, 15) is 9.59 Å². The smallest absolute Gasteiger partial charge is 0.262 e. The van der Waals surface area contributed by atoms with Crippen molar-refractivity contribution in [1.29, 1.82) is 0 Å². The second kappa shape index (κ2) is 11.3. The molecule has 3 rings (SSSR count). The summed E-state index contributed by atoms with van der Waals surface area (Å²) in [6, 6.07) is 14.5. The fraction of sp³-hybridized carbons (Fsp3) is 0.391. The van der Waals surface area contributed by atoms with Gasteiger partial charge in [-0.2, -0.15) is 0 Å². The van der Waals surface area contributed by atoms with E-state index in [-0.39, 0.29) is 18.4 Å². The molecule has 2 aromatic carbocycles. The number of nitrogens with one attached hydrogen (secondary N) is 2. The van der Waals surface area contributed by atoms with Crippen LogP contribution in [0.3, 0.4) is 0 Å². The lowest BCUT2D eigenvalue weighted by Gasteiger charge is -2.26. The lowest BCUT2D eigenvalue weighted by Crippen LogP contribution is -2.41. The van der Waals surface area contributed by atoms with Crippen molar-refractivity contribution < 1.29 is 19.1 Å². The minimum atomic E-state index is -0.250. The van der Waals surface area contributed by atoms with Gasteiger partial charge in [-0.25, -0.2) is 0 Å². The molecule has 2 N–H and O–H groups in total. The van der Waals surface area contributed by atoms with Gasteiger partial charge in [-0.1, -0.05) is 19.1 Å². The highest BCUT2D eigenvalue weighted by atomic mass is 16.5. The SMILES string of the molecule is CCc1cccc(OCC(=O)Nc2ccc(C(=O)NCCN3CCOCC3)cc2)c1. The Morgan fingerprint density at radius 1 is 1.10 bits per heavy atom. The van der Waals surface area contributed by atoms with Crippen LogP contribution in [0.1, 0.15) is 22.8 Å². The molecule has 1 saturated heterocycles. The van der Waals surface area contributed by atoms with Gasteiger partial charge in [-0.3, -0.25) is 14.5 Å². The van der Waals surface area contributed by atoms with Gasteiger partial charge in [0, 0.05) is 37.4 Å². The molecule has 1 fully saturated rings. The number of morpholine rings is 1. The number of aryl methyl sites for hydroxylation is 1. The zero-order valence-electron chi connectivity index (χ0n) is 17.4. The highest BCUT2D eigenvalue weighted by molar-refractivity contribution is 5.96. The monoisotopic (exact) mass is 411 g/mol. The Morgan fingerprint density at radius 3 is 2.60 bits per heavy atom. The molecule has 0 atom stereocenters. The molecule has 30 heavy (non-hydrogen) atoms. The van der Waals surface area contributed by atoms with Crippen LogP contribution in [0.25, 0.3) is 0 Å². The summed E-state index contributed by atoms with van der Waals surface area (Å²) < 4.78 is 10.9. The average Bonchev–Trinajstić information content (AvgIpc) is 2.79. The summed E-state index contributed by atoms with van der Waals surface area (Å²) in [5.41, 5.74) is 2.34. The minimum absolute atomic E-state index is 0.0725. The molecule has 2 amide bonds. The van der Waals surface area contributed by atoms with E-state index in [1.165, 1.54) is 0 Å². The molecule has 1 heterocycles. The summed E-state index contributed by atoms with van der Waals surface area (Å²) >= 11 is 0. The van der Waals surface area contributed by atoms with Crippen LogP contribution in [-0.2, 0) is 16.0 Å². The van der Waals surface area contributed by atoms with E-state index in [0.717, 1.165) is 44.8 Å². The van der Waals surface area contributed by atoms with Crippen LogP contribution in [0.2, 0.25) is 0 Å². The predicted molar refractivity (Wildman–Crippen MR) is 116 cm³/mol. The van der Waals surface area contributed by atoms with E-state index in [1.54, 1.807) is 24.3 Å². The third-order valence-corrected chi connectivity index (χ3v) is 4.92. The Kier molecular flexibility index (Phi) is 8.23. The summed E-state index contributed by atoms with van der Waals surface area (Å²) in [5.74, 6) is 0.300. The van der Waals surface area contributed by atoms with Gasteiger partial charge in [0.15, 0.2) is 6.61 Å². The molecule has 0 saturated carbocycles. The summed E-state index contributed by atoms with van der Waals surface area (Å²) in [4.78, 5) is 26.7. The summed E-state index contributed by atoms with van der Waals surface area (Å²) in [6.07, 6.45) is 0.913. The largest absolute Gasteiger partial charge is 0.484 e. The van der Waals surface area contributed by atoms with Crippen LogP contribution in [-0.4, -0.2) is 62.7 Å². The van der Waals surface area contributed by atoms with Gasteiger partial charge < -0.3 is 20.1 Å². The number of anilines is 1. The standard InChI is InChI=1S/C23H29N3O4/c1-2-18-4-3-5-21(16-18)30-17-22(27)25-20-8-6-19(7-9-20)23(28)24-10-11-26-12-14-29-15-13-26/h3-9,16H,2,10-15,17H2,1H3,(H,24,28)(H,25,27). The first kappa shape index (κ1) is 21.8. The molecule has 7 nitrogen and oxygen atoms in total. The van der Waals surface area contributed by atoms with Gasteiger partial charge in [0.1, 0.15) is 5.75 Å². The third-order valence-electron chi connectivity index (χ3n) is 4.92. The highest BCUT2D eigenvalue weighted by Crippen LogP contribution is 2.14. The molecule has 7 heteroatoms. The molecule has 0 bridgehead atoms. The molecule has 0 radical (unpaired) electrons. The van der Waals surface area contributed by atoms with Crippen LogP contribution in [0, 0.1) is 0 Å². The number of carbonyl (C=O) groups is 2. The van der Waals surface area contributed by atoms with Crippen molar-refractivity contribution in [2.45, 2.75) is 13.3 Å². The van der Waals surface area contributed by atoms with E-state index < -0.39 is 0 Å². The number of ether oxygens (including phenoxy) is 2. The Hall–Kier alpha value is -2.90. The van der Waals surface area contributed by atoms with E-state index >= 15 is 0 Å². The van der Waals surface area contributed by atoms with Crippen LogP contribution >= 0.6 is 0 Å². The fourth-order valence-corrected chi connectivity index (χ4v) is 3.16. The van der Waals surface area contributed by atoms with E-state index in [1.807, 2.05) is 24.3 Å². The van der Waals surface area contributed by atoms with Gasteiger partial charge in [0.25, 0.3) is 11.8 Å². The lowest BCUT2D eigenvalue weighted by molar-refractivity contribution is -0.118. The Balaban J connectivity index is 1.40. The summed E-state index contributed by atoms with van der Waals surface area (Å²) in [7, 11) is 0. The maximum Gasteiger partial charge on any atom is 0.262 e. The Labute approximate surface area is 177 Å². The first-order chi connectivity index (χ1) is 14.6. The molecule has 2 aromatic rings. The fourth-order valence-electron chi connectivity index (χ4n) is 3.16. The maximum absolute atomic E-state index is 12.3. The number of rotatable bonds is 9. The van der Waals surface area contributed by atoms with Crippen molar-refractivity contribution >= 4 is 17.5 Å². The molecule has 0 aromatic heterocycles. The van der Waals surface area contributed by atoms with Crippen LogP contribution in [0.15, 0.2) is 48.5 Å². The second-order valence-corrected chi connectivity index (χ2v) is 7.13. The minimum Gasteiger partial charge on any atom is -0.484 e. The number of benzene rings is 2. The van der Waals surface area contributed by atoms with Gasteiger partial charge in [-0.15, -0.1) is 0 Å². The Morgan fingerprint density at radius 2 is 1.87 bits per heavy atom. The van der Waals surface area contributed by atoms with Gasteiger partial charge in [0.2, 0.25) is 0 Å². The molecular formula is C23H29N3O4. The number of amides is 2. The normalized spacial score (nSPS) is 14.2. The zero-order valence-corrected chi connectivity index (χ0v) is 17.4. The van der Waals surface area contributed by atoms with Crippen molar-refractivity contribution in [2.75, 3.05) is 51.3 Å². The van der Waals surface area contributed by atoms with E-state index in [2.05, 4.69) is 22.5 Å². The number of hydrogen-bond acceptors (Lipinski definition) is 5. The molecule has 1 aliphatic heterocycles. The molecule has 1 aliphatic rings. The molecule has 0 spiro atoms. The topological polar surface area (TPSA) is 79.9 Å². The average molecular weight is 412 g/mol. The second-order valence-electron chi connectivity index (χ2n) is 7.13. The summed E-state index contributed by atoms with van der Waals surface area (Å²) in [6.45, 7) is 6.69. The molecule has 160 valence electrons.